The molecule has 0 aliphatic carbocycles. The van der Waals surface area contributed by atoms with Gasteiger partial charge in [-0.2, -0.15) is 0 Å². The number of aromatic nitrogens is 1. The average molecular weight is 225 g/mol. The molecule has 4 heteroatoms. The largest absolute Gasteiger partial charge is 0.330 e. The van der Waals surface area contributed by atoms with Gasteiger partial charge in [-0.15, -0.1) is 11.3 Å². The van der Waals surface area contributed by atoms with E-state index in [0.717, 1.165) is 13.0 Å². The summed E-state index contributed by atoms with van der Waals surface area (Å²) in [6.07, 6.45) is 5.49. The second-order valence-electron chi connectivity index (χ2n) is 4.28. The minimum atomic E-state index is 0.692. The summed E-state index contributed by atoms with van der Waals surface area (Å²) < 4.78 is 0. The second kappa shape index (κ2) is 5.05. The van der Waals surface area contributed by atoms with Crippen LogP contribution in [0, 0.1) is 0 Å². The maximum Gasteiger partial charge on any atom is 0.0959 e. The normalized spacial score (nSPS) is 19.6. The number of hydrogen-bond acceptors (Lipinski definition) is 4. The first kappa shape index (κ1) is 11.0. The number of piperidine rings is 1. The van der Waals surface area contributed by atoms with Crippen LogP contribution < -0.4 is 5.73 Å². The summed E-state index contributed by atoms with van der Waals surface area (Å²) in [5.74, 6) is 0.692. The number of likely N-dealkylation sites (tertiary alicyclic amines) is 1. The van der Waals surface area contributed by atoms with Crippen LogP contribution >= 0.6 is 11.3 Å². The van der Waals surface area contributed by atoms with E-state index in [1.807, 2.05) is 17.5 Å². The van der Waals surface area contributed by atoms with Gasteiger partial charge in [0.25, 0.3) is 0 Å². The lowest BCUT2D eigenvalue weighted by atomic mass is 9.98. The lowest BCUT2D eigenvalue weighted by Gasteiger charge is -2.27. The van der Waals surface area contributed by atoms with Gasteiger partial charge in [-0.3, -0.25) is 0 Å². The highest BCUT2D eigenvalue weighted by Crippen LogP contribution is 2.30. The van der Waals surface area contributed by atoms with Crippen molar-refractivity contribution in [1.29, 1.82) is 0 Å². The Bertz CT molecular complexity index is 303. The molecule has 1 aliphatic rings. The third kappa shape index (κ3) is 2.77. The van der Waals surface area contributed by atoms with E-state index in [0.29, 0.717) is 5.92 Å². The quantitative estimate of drug-likeness (QED) is 0.846. The summed E-state index contributed by atoms with van der Waals surface area (Å²) in [5.41, 5.74) is 5.54. The summed E-state index contributed by atoms with van der Waals surface area (Å²) in [5, 5.41) is 1.33. The number of hydrogen-bond donors (Lipinski definition) is 1. The van der Waals surface area contributed by atoms with Crippen LogP contribution in [-0.2, 0) is 6.42 Å². The number of thiazole rings is 1. The molecule has 15 heavy (non-hydrogen) atoms. The molecule has 1 aromatic rings. The summed E-state index contributed by atoms with van der Waals surface area (Å²) in [7, 11) is 2.19. The van der Waals surface area contributed by atoms with Gasteiger partial charge in [0.1, 0.15) is 0 Å². The Labute approximate surface area is 95.3 Å². The van der Waals surface area contributed by atoms with Crippen molar-refractivity contribution in [1.82, 2.24) is 9.88 Å². The molecule has 2 heterocycles. The topological polar surface area (TPSA) is 42.2 Å². The summed E-state index contributed by atoms with van der Waals surface area (Å²) in [6.45, 7) is 3.14. The highest BCUT2D eigenvalue weighted by molar-refractivity contribution is 7.11. The zero-order valence-corrected chi connectivity index (χ0v) is 10.1. The number of nitrogens with zero attached hydrogens (tertiary/aromatic N) is 2. The number of rotatable bonds is 3. The van der Waals surface area contributed by atoms with Gasteiger partial charge in [-0.1, -0.05) is 0 Å². The smallest absolute Gasteiger partial charge is 0.0959 e. The van der Waals surface area contributed by atoms with Crippen molar-refractivity contribution in [3.05, 3.63) is 16.1 Å². The minimum absolute atomic E-state index is 0.692. The third-order valence-corrected chi connectivity index (χ3v) is 4.25. The van der Waals surface area contributed by atoms with Crippen LogP contribution in [0.15, 0.2) is 6.20 Å². The first-order valence-corrected chi connectivity index (χ1v) is 6.44. The van der Waals surface area contributed by atoms with Crippen LogP contribution in [0.3, 0.4) is 0 Å². The van der Waals surface area contributed by atoms with Crippen molar-refractivity contribution in [3.63, 3.8) is 0 Å². The molecule has 1 aliphatic heterocycles. The van der Waals surface area contributed by atoms with Crippen LogP contribution in [0.2, 0.25) is 0 Å². The lowest BCUT2D eigenvalue weighted by molar-refractivity contribution is 0.255. The highest BCUT2D eigenvalue weighted by Gasteiger charge is 2.20. The lowest BCUT2D eigenvalue weighted by Crippen LogP contribution is -2.29. The molecule has 0 atom stereocenters. The van der Waals surface area contributed by atoms with E-state index in [9.17, 15) is 0 Å². The van der Waals surface area contributed by atoms with E-state index in [1.165, 1.54) is 35.8 Å². The molecule has 0 unspecified atom stereocenters. The van der Waals surface area contributed by atoms with Crippen LogP contribution in [0.25, 0.3) is 0 Å². The molecule has 2 rings (SSSR count). The monoisotopic (exact) mass is 225 g/mol. The van der Waals surface area contributed by atoms with Gasteiger partial charge in [-0.25, -0.2) is 4.98 Å². The van der Waals surface area contributed by atoms with E-state index in [1.54, 1.807) is 0 Å². The third-order valence-electron chi connectivity index (χ3n) is 3.03. The number of nitrogens with two attached hydrogens (primary N) is 1. The Morgan fingerprint density at radius 3 is 2.93 bits per heavy atom. The fourth-order valence-corrected chi connectivity index (χ4v) is 3.13. The molecular weight excluding hydrogens is 206 g/mol. The zero-order valence-electron chi connectivity index (χ0n) is 9.28. The Kier molecular flexibility index (Phi) is 3.72. The van der Waals surface area contributed by atoms with Crippen molar-refractivity contribution in [3.8, 4) is 0 Å². The molecule has 84 valence electrons. The van der Waals surface area contributed by atoms with Crippen LogP contribution in [0.4, 0.5) is 0 Å². The molecule has 1 aromatic heterocycles. The van der Waals surface area contributed by atoms with Gasteiger partial charge < -0.3 is 10.6 Å². The maximum absolute atomic E-state index is 5.54. The molecule has 1 saturated heterocycles. The minimum Gasteiger partial charge on any atom is -0.330 e. The molecule has 0 amide bonds. The highest BCUT2D eigenvalue weighted by atomic mass is 32.1. The van der Waals surface area contributed by atoms with E-state index in [-0.39, 0.29) is 0 Å². The summed E-state index contributed by atoms with van der Waals surface area (Å²) in [4.78, 5) is 8.26. The molecular formula is C11H19N3S. The van der Waals surface area contributed by atoms with Crippen molar-refractivity contribution in [2.45, 2.75) is 25.2 Å². The fraction of sp³-hybridized carbons (Fsp3) is 0.727. The SMILES string of the molecule is CN1CCC(c2ncc(CCN)s2)CC1. The van der Waals surface area contributed by atoms with Crippen molar-refractivity contribution in [2.75, 3.05) is 26.7 Å². The fourth-order valence-electron chi connectivity index (χ4n) is 2.02. The van der Waals surface area contributed by atoms with Gasteiger partial charge >= 0.3 is 0 Å². The van der Waals surface area contributed by atoms with Gasteiger partial charge in [0, 0.05) is 17.0 Å². The van der Waals surface area contributed by atoms with Gasteiger partial charge in [0.15, 0.2) is 0 Å². The van der Waals surface area contributed by atoms with Crippen LogP contribution in [-0.4, -0.2) is 36.6 Å². The first-order valence-electron chi connectivity index (χ1n) is 5.63. The van der Waals surface area contributed by atoms with Crippen molar-refractivity contribution < 1.29 is 0 Å². The van der Waals surface area contributed by atoms with Crippen molar-refractivity contribution in [2.24, 2.45) is 5.73 Å². The molecule has 3 nitrogen and oxygen atoms in total. The Morgan fingerprint density at radius 2 is 2.27 bits per heavy atom. The van der Waals surface area contributed by atoms with Gasteiger partial charge in [0.2, 0.25) is 0 Å². The molecule has 1 fully saturated rings. The van der Waals surface area contributed by atoms with E-state index < -0.39 is 0 Å². The van der Waals surface area contributed by atoms with E-state index in [2.05, 4.69) is 16.9 Å². The molecule has 2 N–H and O–H groups in total. The molecule has 0 spiro atoms. The first-order chi connectivity index (χ1) is 7.29. The van der Waals surface area contributed by atoms with Gasteiger partial charge in [0.05, 0.1) is 5.01 Å². The molecule has 0 saturated carbocycles. The van der Waals surface area contributed by atoms with Crippen molar-refractivity contribution >= 4 is 11.3 Å². The zero-order chi connectivity index (χ0) is 10.7. The van der Waals surface area contributed by atoms with Crippen LogP contribution in [0.1, 0.15) is 28.6 Å². The summed E-state index contributed by atoms with van der Waals surface area (Å²) >= 11 is 1.86. The van der Waals surface area contributed by atoms with E-state index >= 15 is 0 Å². The Hall–Kier alpha value is -0.450. The molecule has 0 aromatic carbocycles. The predicted molar refractivity (Wildman–Crippen MR) is 64.3 cm³/mol. The second-order valence-corrected chi connectivity index (χ2v) is 5.43. The summed E-state index contributed by atoms with van der Waals surface area (Å²) in [6, 6.07) is 0. The maximum atomic E-state index is 5.54. The van der Waals surface area contributed by atoms with E-state index in [4.69, 9.17) is 5.73 Å². The Balaban J connectivity index is 1.96. The average Bonchev–Trinajstić information content (AvgIpc) is 2.68. The molecule has 0 bridgehead atoms. The van der Waals surface area contributed by atoms with Crippen LogP contribution in [0.5, 0.6) is 0 Å². The predicted octanol–water partition coefficient (Wildman–Crippen LogP) is 1.45. The Morgan fingerprint density at radius 1 is 1.53 bits per heavy atom. The molecule has 0 radical (unpaired) electrons. The van der Waals surface area contributed by atoms with Gasteiger partial charge in [-0.05, 0) is 45.9 Å². The standard InChI is InChI=1S/C11H19N3S/c1-14-6-3-9(4-7-14)11-13-8-10(15-11)2-5-12/h8-9H,2-7,12H2,1H3.